The van der Waals surface area contributed by atoms with Crippen molar-refractivity contribution in [2.75, 3.05) is 11.6 Å². The minimum Gasteiger partial charge on any atom is -0.307 e. The van der Waals surface area contributed by atoms with Gasteiger partial charge in [0.25, 0.3) is 0 Å². The lowest BCUT2D eigenvalue weighted by atomic mass is 10.1. The molecule has 0 fully saturated rings. The van der Waals surface area contributed by atoms with Crippen molar-refractivity contribution < 1.29 is 0 Å². The number of thioether (sulfide) groups is 1. The lowest BCUT2D eigenvalue weighted by Crippen LogP contribution is -1.88. The molecule has 2 aromatic heterocycles. The molecular formula is C18H15N3S3. The number of aryl methyl sites for hydroxylation is 1. The van der Waals surface area contributed by atoms with Gasteiger partial charge in [0.05, 0.1) is 15.9 Å². The number of hydrogen-bond acceptors (Lipinski definition) is 6. The van der Waals surface area contributed by atoms with Gasteiger partial charge in [0, 0.05) is 15.8 Å². The summed E-state index contributed by atoms with van der Waals surface area (Å²) in [4.78, 5) is 10.6. The first-order valence-corrected chi connectivity index (χ1v) is 10.4. The van der Waals surface area contributed by atoms with Crippen LogP contribution in [0.1, 0.15) is 5.56 Å². The van der Waals surface area contributed by atoms with Gasteiger partial charge < -0.3 is 5.32 Å². The molecule has 0 amide bonds. The van der Waals surface area contributed by atoms with E-state index in [0.717, 1.165) is 27.0 Å². The van der Waals surface area contributed by atoms with Gasteiger partial charge in [-0.1, -0.05) is 41.2 Å². The highest BCUT2D eigenvalue weighted by molar-refractivity contribution is 7.98. The van der Waals surface area contributed by atoms with Crippen molar-refractivity contribution in [1.29, 1.82) is 0 Å². The second-order valence-electron chi connectivity index (χ2n) is 5.38. The number of hydrogen-bond donors (Lipinski definition) is 1. The Morgan fingerprint density at radius 1 is 1.00 bits per heavy atom. The molecule has 6 heteroatoms. The highest BCUT2D eigenvalue weighted by atomic mass is 32.2. The molecular weight excluding hydrogens is 354 g/mol. The van der Waals surface area contributed by atoms with E-state index in [0.29, 0.717) is 0 Å². The fourth-order valence-corrected chi connectivity index (χ4v) is 4.57. The van der Waals surface area contributed by atoms with Gasteiger partial charge in [0.15, 0.2) is 10.3 Å². The zero-order valence-electron chi connectivity index (χ0n) is 13.2. The highest BCUT2D eigenvalue weighted by Crippen LogP contribution is 2.33. The van der Waals surface area contributed by atoms with Crippen LogP contribution in [0.25, 0.3) is 21.5 Å². The molecule has 0 aliphatic heterocycles. The van der Waals surface area contributed by atoms with E-state index in [-0.39, 0.29) is 0 Å². The summed E-state index contributed by atoms with van der Waals surface area (Å²) in [6.07, 6.45) is 2.09. The Labute approximate surface area is 152 Å². The molecule has 4 aromatic rings. The third kappa shape index (κ3) is 3.17. The van der Waals surface area contributed by atoms with E-state index in [1.54, 1.807) is 34.4 Å². The summed E-state index contributed by atoms with van der Waals surface area (Å²) in [5.74, 6) is 0. The van der Waals surface area contributed by atoms with Gasteiger partial charge in [-0.3, -0.25) is 0 Å². The first-order valence-electron chi connectivity index (χ1n) is 7.45. The zero-order chi connectivity index (χ0) is 16.5. The predicted octanol–water partition coefficient (Wildman–Crippen LogP) is 6.19. The zero-order valence-corrected chi connectivity index (χ0v) is 15.7. The van der Waals surface area contributed by atoms with Crippen LogP contribution in [0.3, 0.4) is 0 Å². The van der Waals surface area contributed by atoms with Crippen LogP contribution >= 0.6 is 34.4 Å². The first kappa shape index (κ1) is 15.6. The van der Waals surface area contributed by atoms with Crippen molar-refractivity contribution in [2.24, 2.45) is 0 Å². The van der Waals surface area contributed by atoms with Crippen LogP contribution in [0.5, 0.6) is 0 Å². The molecule has 120 valence electrons. The van der Waals surface area contributed by atoms with Crippen molar-refractivity contribution in [3.8, 4) is 11.3 Å². The minimum atomic E-state index is 0.870. The second kappa shape index (κ2) is 6.55. The number of thiazole rings is 2. The summed E-state index contributed by atoms with van der Waals surface area (Å²) in [5, 5.41) is 7.17. The third-order valence-electron chi connectivity index (χ3n) is 3.66. The molecule has 0 radical (unpaired) electrons. The van der Waals surface area contributed by atoms with Crippen molar-refractivity contribution in [3.63, 3.8) is 0 Å². The van der Waals surface area contributed by atoms with Crippen molar-refractivity contribution in [1.82, 2.24) is 9.97 Å². The van der Waals surface area contributed by atoms with Gasteiger partial charge >= 0.3 is 0 Å². The van der Waals surface area contributed by atoms with Gasteiger partial charge in [-0.05, 0) is 31.4 Å². The van der Waals surface area contributed by atoms with Gasteiger partial charge in [-0.2, -0.15) is 0 Å². The molecule has 0 spiro atoms. The van der Waals surface area contributed by atoms with E-state index < -0.39 is 0 Å². The van der Waals surface area contributed by atoms with E-state index in [4.69, 9.17) is 0 Å². The van der Waals surface area contributed by atoms with E-state index >= 15 is 0 Å². The summed E-state index contributed by atoms with van der Waals surface area (Å²) in [6, 6.07) is 14.8. The van der Waals surface area contributed by atoms with Gasteiger partial charge in [-0.15, -0.1) is 23.1 Å². The van der Waals surface area contributed by atoms with Crippen LogP contribution in [0.15, 0.2) is 52.7 Å². The Morgan fingerprint density at radius 3 is 2.62 bits per heavy atom. The molecule has 4 rings (SSSR count). The Bertz CT molecular complexity index is 986. The minimum absolute atomic E-state index is 0.870. The summed E-state index contributed by atoms with van der Waals surface area (Å²) in [6.45, 7) is 2.09. The molecule has 2 aromatic carbocycles. The van der Waals surface area contributed by atoms with Gasteiger partial charge in [0.2, 0.25) is 0 Å². The number of benzene rings is 2. The maximum atomic E-state index is 4.68. The van der Waals surface area contributed by atoms with E-state index in [2.05, 4.69) is 76.3 Å². The Morgan fingerprint density at radius 2 is 1.83 bits per heavy atom. The predicted molar refractivity (Wildman–Crippen MR) is 107 cm³/mol. The number of rotatable bonds is 4. The maximum absolute atomic E-state index is 4.68. The van der Waals surface area contributed by atoms with Gasteiger partial charge in [0.1, 0.15) is 0 Å². The molecule has 0 saturated heterocycles. The molecule has 3 nitrogen and oxygen atoms in total. The molecule has 0 saturated carbocycles. The lowest BCUT2D eigenvalue weighted by molar-refractivity contribution is 1.36. The van der Waals surface area contributed by atoms with E-state index in [9.17, 15) is 0 Å². The lowest BCUT2D eigenvalue weighted by Gasteiger charge is -1.98. The number of anilines is 2. The number of nitrogens with zero attached hydrogens (tertiary/aromatic N) is 2. The van der Waals surface area contributed by atoms with Crippen LogP contribution in [-0.4, -0.2) is 16.2 Å². The van der Waals surface area contributed by atoms with Crippen LogP contribution < -0.4 is 5.32 Å². The van der Waals surface area contributed by atoms with Crippen molar-refractivity contribution in [3.05, 3.63) is 53.4 Å². The summed E-state index contributed by atoms with van der Waals surface area (Å²) in [7, 11) is 0. The summed E-state index contributed by atoms with van der Waals surface area (Å²) >= 11 is 5.01. The quantitative estimate of drug-likeness (QED) is 0.435. The largest absolute Gasteiger partial charge is 0.307 e. The average molecular weight is 370 g/mol. The molecule has 0 aliphatic carbocycles. The first-order chi connectivity index (χ1) is 11.7. The molecule has 0 unspecified atom stereocenters. The van der Waals surface area contributed by atoms with Crippen molar-refractivity contribution in [2.45, 2.75) is 11.8 Å². The molecule has 2 heterocycles. The number of aromatic nitrogens is 2. The van der Waals surface area contributed by atoms with Crippen LogP contribution in [0.4, 0.5) is 10.3 Å². The van der Waals surface area contributed by atoms with Crippen LogP contribution in [-0.2, 0) is 0 Å². The van der Waals surface area contributed by atoms with Gasteiger partial charge in [-0.25, -0.2) is 9.97 Å². The molecule has 0 bridgehead atoms. The van der Waals surface area contributed by atoms with Crippen LogP contribution in [0.2, 0.25) is 0 Å². The summed E-state index contributed by atoms with van der Waals surface area (Å²) in [5.41, 5.74) is 4.41. The maximum Gasteiger partial charge on any atom is 0.190 e. The molecule has 0 atom stereocenters. The summed E-state index contributed by atoms with van der Waals surface area (Å²) < 4.78 is 1.19. The molecule has 24 heavy (non-hydrogen) atoms. The fourth-order valence-electron chi connectivity index (χ4n) is 2.36. The van der Waals surface area contributed by atoms with Crippen molar-refractivity contribution >= 4 is 54.9 Å². The molecule has 1 N–H and O–H groups in total. The third-order valence-corrected chi connectivity index (χ3v) is 6.08. The normalized spacial score (nSPS) is 11.1. The number of fused-ring (bicyclic) bond motifs is 1. The highest BCUT2D eigenvalue weighted by Gasteiger charge is 2.08. The Hall–Kier alpha value is -1.89. The van der Waals surface area contributed by atoms with Crippen LogP contribution in [0, 0.1) is 6.92 Å². The SMILES string of the molecule is CSc1ccc2nc(Nc3nc(-c4ccc(C)cc4)cs3)sc2c1. The molecule has 0 aliphatic rings. The second-order valence-corrected chi connectivity index (χ2v) is 8.15. The Kier molecular flexibility index (Phi) is 4.26. The van der Waals surface area contributed by atoms with E-state index in [1.807, 2.05) is 0 Å². The fraction of sp³-hybridized carbons (Fsp3) is 0.111. The smallest absolute Gasteiger partial charge is 0.190 e. The number of nitrogens with one attached hydrogen (secondary N) is 1. The topological polar surface area (TPSA) is 37.8 Å². The Balaban J connectivity index is 1.58. The average Bonchev–Trinajstić information content (AvgIpc) is 3.21. The standard InChI is InChI=1S/C18H15N3S3/c1-11-3-5-12(6-4-11)15-10-23-17(20-15)21-18-19-14-8-7-13(22-2)9-16(14)24-18/h3-10H,1-2H3,(H,19,20,21). The van der Waals surface area contributed by atoms with E-state index in [1.165, 1.54) is 15.2 Å². The monoisotopic (exact) mass is 369 g/mol.